The van der Waals surface area contributed by atoms with E-state index in [9.17, 15) is 14.9 Å². The molecule has 31 heavy (non-hydrogen) atoms. The highest BCUT2D eigenvalue weighted by Gasteiger charge is 2.21. The fraction of sp³-hybridized carbons (Fsp3) is 0.381. The summed E-state index contributed by atoms with van der Waals surface area (Å²) in [5.74, 6) is -0.131. The van der Waals surface area contributed by atoms with E-state index < -0.39 is 4.92 Å². The van der Waals surface area contributed by atoms with Gasteiger partial charge in [0.25, 0.3) is 0 Å². The molecule has 0 unspecified atom stereocenters. The van der Waals surface area contributed by atoms with Gasteiger partial charge < -0.3 is 5.32 Å². The van der Waals surface area contributed by atoms with Crippen molar-refractivity contribution in [1.29, 1.82) is 0 Å². The molecule has 1 aromatic carbocycles. The zero-order valence-electron chi connectivity index (χ0n) is 18.0. The van der Waals surface area contributed by atoms with Gasteiger partial charge >= 0.3 is 5.69 Å². The van der Waals surface area contributed by atoms with Gasteiger partial charge in [0, 0.05) is 18.0 Å². The van der Waals surface area contributed by atoms with Crippen molar-refractivity contribution in [3.63, 3.8) is 0 Å². The van der Waals surface area contributed by atoms with Gasteiger partial charge in [0.2, 0.25) is 5.91 Å². The van der Waals surface area contributed by atoms with Crippen LogP contribution in [0.4, 0.5) is 11.4 Å². The molecule has 0 saturated carbocycles. The maximum Gasteiger partial charge on any atom is 0.312 e. The summed E-state index contributed by atoms with van der Waals surface area (Å²) in [5, 5.41) is 23.5. The summed E-state index contributed by atoms with van der Waals surface area (Å²) in [4.78, 5) is 23.2. The van der Waals surface area contributed by atoms with Gasteiger partial charge in [-0.15, -0.1) is 0 Å². The molecule has 0 atom stereocenters. The van der Waals surface area contributed by atoms with Gasteiger partial charge in [-0.1, -0.05) is 23.7 Å². The van der Waals surface area contributed by atoms with Crippen molar-refractivity contribution in [3.05, 3.63) is 67.7 Å². The zero-order valence-corrected chi connectivity index (χ0v) is 18.7. The number of carbonyl (C=O) groups is 1. The van der Waals surface area contributed by atoms with Crippen molar-refractivity contribution in [2.75, 3.05) is 5.32 Å². The number of rotatable bonds is 8. The molecule has 3 aromatic rings. The Hall–Kier alpha value is -3.20. The lowest BCUT2D eigenvalue weighted by molar-refractivity contribution is -0.386. The van der Waals surface area contributed by atoms with E-state index in [0.29, 0.717) is 41.6 Å². The van der Waals surface area contributed by atoms with Crippen molar-refractivity contribution in [2.24, 2.45) is 0 Å². The summed E-state index contributed by atoms with van der Waals surface area (Å²) in [6, 6.07) is 7.56. The second-order valence-electron chi connectivity index (χ2n) is 7.48. The van der Waals surface area contributed by atoms with Crippen LogP contribution in [0.5, 0.6) is 0 Å². The normalized spacial score (nSPS) is 11.0. The van der Waals surface area contributed by atoms with Crippen LogP contribution in [0.25, 0.3) is 0 Å². The molecule has 2 aromatic heterocycles. The Balaban J connectivity index is 1.59. The van der Waals surface area contributed by atoms with Gasteiger partial charge in [0.15, 0.2) is 0 Å². The molecule has 0 fully saturated rings. The summed E-state index contributed by atoms with van der Waals surface area (Å²) in [5.41, 5.74) is 4.30. The quantitative estimate of drug-likeness (QED) is 0.410. The highest BCUT2D eigenvalue weighted by molar-refractivity contribution is 6.30. The minimum Gasteiger partial charge on any atom is -0.323 e. The van der Waals surface area contributed by atoms with E-state index in [0.717, 1.165) is 17.0 Å². The Bertz CT molecular complexity index is 1120. The smallest absolute Gasteiger partial charge is 0.312 e. The molecule has 3 rings (SSSR count). The first-order valence-electron chi connectivity index (χ1n) is 9.94. The number of aryl methyl sites for hydroxylation is 3. The Labute approximate surface area is 185 Å². The highest BCUT2D eigenvalue weighted by atomic mass is 35.5. The third kappa shape index (κ3) is 5.11. The summed E-state index contributed by atoms with van der Waals surface area (Å²) in [7, 11) is 0. The first kappa shape index (κ1) is 22.5. The first-order valence-corrected chi connectivity index (χ1v) is 10.3. The van der Waals surface area contributed by atoms with E-state index in [1.165, 1.54) is 0 Å². The fourth-order valence-corrected chi connectivity index (χ4v) is 3.68. The lowest BCUT2D eigenvalue weighted by Gasteiger charge is -2.08. The van der Waals surface area contributed by atoms with Crippen LogP contribution in [0.2, 0.25) is 5.02 Å². The summed E-state index contributed by atoms with van der Waals surface area (Å²) < 4.78 is 3.44. The van der Waals surface area contributed by atoms with Crippen LogP contribution in [-0.4, -0.2) is 30.4 Å². The van der Waals surface area contributed by atoms with Crippen molar-refractivity contribution >= 4 is 28.9 Å². The van der Waals surface area contributed by atoms with Crippen LogP contribution in [-0.2, 0) is 17.9 Å². The number of hydrogen-bond donors (Lipinski definition) is 1. The number of hydrogen-bond acceptors (Lipinski definition) is 5. The van der Waals surface area contributed by atoms with Crippen molar-refractivity contribution in [1.82, 2.24) is 19.6 Å². The SMILES string of the molecule is Cc1nn(Cc2ccc(Cl)cc2)c(C)c1NC(=O)CCCn1nc(C)c([N+](=O)[O-])c1C. The minimum absolute atomic E-state index is 0.0313. The Morgan fingerprint density at radius 3 is 2.32 bits per heavy atom. The average Bonchev–Trinajstić information content (AvgIpc) is 3.13. The van der Waals surface area contributed by atoms with Crippen LogP contribution in [0, 0.1) is 37.8 Å². The van der Waals surface area contributed by atoms with E-state index >= 15 is 0 Å². The number of carbonyl (C=O) groups excluding carboxylic acids is 1. The predicted octanol–water partition coefficient (Wildman–Crippen LogP) is 4.34. The monoisotopic (exact) mass is 444 g/mol. The number of nitrogens with one attached hydrogen (secondary N) is 1. The predicted molar refractivity (Wildman–Crippen MR) is 118 cm³/mol. The molecule has 2 heterocycles. The molecule has 0 aliphatic carbocycles. The topological polar surface area (TPSA) is 108 Å². The summed E-state index contributed by atoms with van der Waals surface area (Å²) >= 11 is 5.94. The lowest BCUT2D eigenvalue weighted by atomic mass is 10.2. The molecule has 164 valence electrons. The van der Waals surface area contributed by atoms with E-state index in [1.54, 1.807) is 18.5 Å². The third-order valence-electron chi connectivity index (χ3n) is 5.19. The van der Waals surface area contributed by atoms with E-state index in [2.05, 4.69) is 15.5 Å². The first-order chi connectivity index (χ1) is 14.7. The third-order valence-corrected chi connectivity index (χ3v) is 5.44. The molecular weight excluding hydrogens is 420 g/mol. The second kappa shape index (κ2) is 9.30. The molecule has 0 saturated heterocycles. The molecule has 0 aliphatic rings. The van der Waals surface area contributed by atoms with Crippen LogP contribution in [0.3, 0.4) is 0 Å². The Morgan fingerprint density at radius 1 is 1.06 bits per heavy atom. The van der Waals surface area contributed by atoms with Crippen LogP contribution < -0.4 is 5.32 Å². The van der Waals surface area contributed by atoms with Gasteiger partial charge in [-0.05, 0) is 51.8 Å². The number of anilines is 1. The number of nitrogens with zero attached hydrogens (tertiary/aromatic N) is 5. The van der Waals surface area contributed by atoms with Gasteiger partial charge in [-0.2, -0.15) is 10.2 Å². The molecule has 9 nitrogen and oxygen atoms in total. The van der Waals surface area contributed by atoms with Crippen molar-refractivity contribution in [2.45, 2.75) is 53.6 Å². The lowest BCUT2D eigenvalue weighted by Crippen LogP contribution is -2.14. The van der Waals surface area contributed by atoms with Crippen molar-refractivity contribution < 1.29 is 9.72 Å². The van der Waals surface area contributed by atoms with Gasteiger partial charge in [0.1, 0.15) is 11.4 Å². The number of halogens is 1. The summed E-state index contributed by atoms with van der Waals surface area (Å²) in [6.07, 6.45) is 0.787. The molecular formula is C21H25ClN6O3. The molecule has 0 bridgehead atoms. The number of aromatic nitrogens is 4. The van der Waals surface area contributed by atoms with Crippen LogP contribution in [0.15, 0.2) is 24.3 Å². The standard InChI is InChI=1S/C21H25ClN6O3/c1-13-20(15(3)27(24-13)12-17-7-9-18(22)10-8-17)23-19(29)6-5-11-26-16(4)21(28(30)31)14(2)25-26/h7-10H,5-6,11-12H2,1-4H3,(H,23,29). The molecule has 0 spiro atoms. The highest BCUT2D eigenvalue weighted by Crippen LogP contribution is 2.23. The van der Waals surface area contributed by atoms with E-state index in [4.69, 9.17) is 11.6 Å². The van der Waals surface area contributed by atoms with Gasteiger partial charge in [-0.3, -0.25) is 24.3 Å². The molecule has 0 aliphatic heterocycles. The number of amides is 1. The zero-order chi connectivity index (χ0) is 22.7. The second-order valence-corrected chi connectivity index (χ2v) is 7.92. The number of nitro groups is 1. The van der Waals surface area contributed by atoms with E-state index in [-0.39, 0.29) is 18.0 Å². The van der Waals surface area contributed by atoms with Crippen LogP contribution in [0.1, 0.15) is 41.2 Å². The van der Waals surface area contributed by atoms with Gasteiger partial charge in [-0.25, -0.2) is 0 Å². The summed E-state index contributed by atoms with van der Waals surface area (Å²) in [6.45, 7) is 8.07. The fourth-order valence-electron chi connectivity index (χ4n) is 3.56. The Morgan fingerprint density at radius 2 is 1.71 bits per heavy atom. The molecule has 10 heteroatoms. The maximum atomic E-state index is 12.5. The molecule has 1 amide bonds. The average molecular weight is 445 g/mol. The largest absolute Gasteiger partial charge is 0.323 e. The Kier molecular flexibility index (Phi) is 6.74. The molecule has 1 N–H and O–H groups in total. The number of benzene rings is 1. The minimum atomic E-state index is -0.422. The molecule has 0 radical (unpaired) electrons. The van der Waals surface area contributed by atoms with Gasteiger partial charge in [0.05, 0.1) is 28.5 Å². The maximum absolute atomic E-state index is 12.5. The van der Waals surface area contributed by atoms with Crippen molar-refractivity contribution in [3.8, 4) is 0 Å². The van der Waals surface area contributed by atoms with E-state index in [1.807, 2.05) is 42.8 Å². The van der Waals surface area contributed by atoms with Crippen LogP contribution >= 0.6 is 11.6 Å².